The van der Waals surface area contributed by atoms with Crippen molar-refractivity contribution in [2.75, 3.05) is 6.61 Å². The van der Waals surface area contributed by atoms with Gasteiger partial charge in [-0.25, -0.2) is 0 Å². The van der Waals surface area contributed by atoms with Crippen molar-refractivity contribution < 1.29 is 14.4 Å². The zero-order valence-corrected chi connectivity index (χ0v) is 12.1. The van der Waals surface area contributed by atoms with Crippen molar-refractivity contribution in [3.63, 3.8) is 0 Å². The van der Waals surface area contributed by atoms with E-state index < -0.39 is 6.10 Å². The van der Waals surface area contributed by atoms with Gasteiger partial charge in [0.05, 0.1) is 18.6 Å². The highest BCUT2D eigenvalue weighted by molar-refractivity contribution is 4.92. The molecule has 108 valence electrons. The van der Waals surface area contributed by atoms with Crippen LogP contribution >= 0.6 is 0 Å². The molecule has 19 heavy (non-hydrogen) atoms. The fourth-order valence-corrected chi connectivity index (χ4v) is 2.10. The Labute approximate surface area is 114 Å². The molecule has 1 aromatic heterocycles. The lowest BCUT2D eigenvalue weighted by Crippen LogP contribution is -2.28. The molecule has 5 nitrogen and oxygen atoms in total. The van der Waals surface area contributed by atoms with Crippen molar-refractivity contribution in [1.29, 1.82) is 0 Å². The van der Waals surface area contributed by atoms with E-state index in [0.717, 1.165) is 19.4 Å². The van der Waals surface area contributed by atoms with Crippen LogP contribution in [0, 0.1) is 5.41 Å². The van der Waals surface area contributed by atoms with Gasteiger partial charge in [-0.2, -0.15) is 4.98 Å². The van der Waals surface area contributed by atoms with E-state index in [1.165, 1.54) is 6.42 Å². The van der Waals surface area contributed by atoms with Crippen LogP contribution in [0.3, 0.4) is 0 Å². The average molecular weight is 268 g/mol. The molecular weight excluding hydrogens is 244 g/mol. The number of nitrogens with zero attached hydrogens (tertiary/aromatic N) is 2. The molecule has 2 rings (SSSR count). The van der Waals surface area contributed by atoms with Gasteiger partial charge in [0, 0.05) is 13.0 Å². The highest BCUT2D eigenvalue weighted by Crippen LogP contribution is 2.22. The maximum Gasteiger partial charge on any atom is 0.229 e. The molecule has 1 fully saturated rings. The van der Waals surface area contributed by atoms with Gasteiger partial charge < -0.3 is 14.4 Å². The van der Waals surface area contributed by atoms with Crippen LogP contribution in [0.4, 0.5) is 0 Å². The second-order valence-electron chi connectivity index (χ2n) is 6.38. The lowest BCUT2D eigenvalue weighted by atomic mass is 9.87. The van der Waals surface area contributed by atoms with E-state index in [2.05, 4.69) is 10.1 Å². The third-order valence-electron chi connectivity index (χ3n) is 3.56. The lowest BCUT2D eigenvalue weighted by molar-refractivity contribution is 0.0153. The summed E-state index contributed by atoms with van der Waals surface area (Å²) in [5, 5.41) is 14.0. The second-order valence-corrected chi connectivity index (χ2v) is 6.38. The molecule has 5 heteroatoms. The smallest absolute Gasteiger partial charge is 0.229 e. The van der Waals surface area contributed by atoms with Gasteiger partial charge in [0.1, 0.15) is 0 Å². The summed E-state index contributed by atoms with van der Waals surface area (Å²) in [6.07, 6.45) is 4.26. The first-order valence-electron chi connectivity index (χ1n) is 7.06. The number of aliphatic hydroxyl groups excluding tert-OH is 1. The summed E-state index contributed by atoms with van der Waals surface area (Å²) in [6, 6.07) is 0. The van der Waals surface area contributed by atoms with Crippen LogP contribution in [-0.2, 0) is 17.6 Å². The van der Waals surface area contributed by atoms with Crippen molar-refractivity contribution in [3.05, 3.63) is 11.7 Å². The Morgan fingerprint density at radius 1 is 1.37 bits per heavy atom. The summed E-state index contributed by atoms with van der Waals surface area (Å²) >= 11 is 0. The predicted octanol–water partition coefficient (Wildman–Crippen LogP) is 2.13. The average Bonchev–Trinajstić information content (AvgIpc) is 2.76. The molecule has 2 unspecified atom stereocenters. The van der Waals surface area contributed by atoms with Gasteiger partial charge in [-0.05, 0) is 24.7 Å². The molecule has 1 aliphatic heterocycles. The maximum atomic E-state index is 10.0. The van der Waals surface area contributed by atoms with Crippen molar-refractivity contribution in [2.45, 2.75) is 65.1 Å². The second kappa shape index (κ2) is 6.01. The summed E-state index contributed by atoms with van der Waals surface area (Å²) in [5.41, 5.74) is -0.179. The van der Waals surface area contributed by atoms with Crippen LogP contribution in [0.25, 0.3) is 0 Å². The number of ether oxygens (including phenoxy) is 1. The summed E-state index contributed by atoms with van der Waals surface area (Å²) < 4.78 is 10.9. The lowest BCUT2D eigenvalue weighted by Gasteiger charge is -2.24. The Balaban J connectivity index is 1.88. The number of rotatable bonds is 4. The molecule has 0 radical (unpaired) electrons. The van der Waals surface area contributed by atoms with Crippen molar-refractivity contribution in [2.24, 2.45) is 5.41 Å². The van der Waals surface area contributed by atoms with E-state index in [1.807, 2.05) is 20.8 Å². The molecule has 0 amide bonds. The Morgan fingerprint density at radius 3 is 2.79 bits per heavy atom. The molecule has 1 aliphatic rings. The standard InChI is InChI=1S/C14H24N2O3/c1-14(2,3)11(17)9-13-15-12(16-19-13)8-10-6-4-5-7-18-10/h10-11,17H,4-9H2,1-3H3. The minimum atomic E-state index is -0.480. The normalized spacial score (nSPS) is 22.4. The van der Waals surface area contributed by atoms with Gasteiger partial charge in [0.25, 0.3) is 0 Å². The molecule has 0 bridgehead atoms. The largest absolute Gasteiger partial charge is 0.392 e. The molecule has 2 heterocycles. The minimum Gasteiger partial charge on any atom is -0.392 e. The van der Waals surface area contributed by atoms with Gasteiger partial charge in [-0.1, -0.05) is 25.9 Å². The third-order valence-corrected chi connectivity index (χ3v) is 3.56. The Morgan fingerprint density at radius 2 is 2.16 bits per heavy atom. The summed E-state index contributed by atoms with van der Waals surface area (Å²) in [6.45, 7) is 6.80. The monoisotopic (exact) mass is 268 g/mol. The van der Waals surface area contributed by atoms with Crippen LogP contribution in [0.2, 0.25) is 0 Å². The molecule has 0 aliphatic carbocycles. The number of hydrogen-bond acceptors (Lipinski definition) is 5. The van der Waals surface area contributed by atoms with Crippen LogP contribution in [0.15, 0.2) is 4.52 Å². The fraction of sp³-hybridized carbons (Fsp3) is 0.857. The number of aliphatic hydroxyl groups is 1. The highest BCUT2D eigenvalue weighted by atomic mass is 16.5. The van der Waals surface area contributed by atoms with Crippen molar-refractivity contribution in [1.82, 2.24) is 10.1 Å². The van der Waals surface area contributed by atoms with Crippen molar-refractivity contribution >= 4 is 0 Å². The summed E-state index contributed by atoms with van der Waals surface area (Å²) in [4.78, 5) is 4.34. The van der Waals surface area contributed by atoms with E-state index in [4.69, 9.17) is 9.26 Å². The van der Waals surface area contributed by atoms with E-state index >= 15 is 0 Å². The van der Waals surface area contributed by atoms with E-state index in [0.29, 0.717) is 24.6 Å². The van der Waals surface area contributed by atoms with Gasteiger partial charge in [0.2, 0.25) is 5.89 Å². The molecule has 2 atom stereocenters. The molecule has 1 N–H and O–H groups in total. The maximum absolute atomic E-state index is 10.0. The van der Waals surface area contributed by atoms with Crippen LogP contribution < -0.4 is 0 Å². The molecule has 1 aromatic rings. The highest BCUT2D eigenvalue weighted by Gasteiger charge is 2.25. The van der Waals surface area contributed by atoms with Gasteiger partial charge >= 0.3 is 0 Å². The zero-order chi connectivity index (χ0) is 13.9. The zero-order valence-electron chi connectivity index (χ0n) is 12.1. The SMILES string of the molecule is CC(C)(C)C(O)Cc1nc(CC2CCCCO2)no1. The molecular formula is C14H24N2O3. The first-order chi connectivity index (χ1) is 8.95. The van der Waals surface area contributed by atoms with Gasteiger partial charge in [-0.3, -0.25) is 0 Å². The van der Waals surface area contributed by atoms with Gasteiger partial charge in [-0.15, -0.1) is 0 Å². The van der Waals surface area contributed by atoms with E-state index in [-0.39, 0.29) is 11.5 Å². The topological polar surface area (TPSA) is 68.4 Å². The Bertz CT molecular complexity index is 392. The summed E-state index contributed by atoms with van der Waals surface area (Å²) in [7, 11) is 0. The molecule has 1 saturated heterocycles. The fourth-order valence-electron chi connectivity index (χ4n) is 2.10. The predicted molar refractivity (Wildman–Crippen MR) is 70.8 cm³/mol. The molecule has 0 saturated carbocycles. The molecule has 0 spiro atoms. The third kappa shape index (κ3) is 4.28. The van der Waals surface area contributed by atoms with Crippen LogP contribution in [0.1, 0.15) is 51.7 Å². The molecule has 0 aromatic carbocycles. The van der Waals surface area contributed by atoms with Crippen LogP contribution in [-0.4, -0.2) is 34.1 Å². The van der Waals surface area contributed by atoms with Gasteiger partial charge in [0.15, 0.2) is 5.82 Å². The Hall–Kier alpha value is -0.940. The quantitative estimate of drug-likeness (QED) is 0.906. The first kappa shape index (κ1) is 14.5. The van der Waals surface area contributed by atoms with Crippen molar-refractivity contribution in [3.8, 4) is 0 Å². The number of aromatic nitrogens is 2. The van der Waals surface area contributed by atoms with E-state index in [1.54, 1.807) is 0 Å². The van der Waals surface area contributed by atoms with Crippen LogP contribution in [0.5, 0.6) is 0 Å². The first-order valence-corrected chi connectivity index (χ1v) is 7.06. The Kier molecular flexibility index (Phi) is 4.58. The van der Waals surface area contributed by atoms with E-state index in [9.17, 15) is 5.11 Å². The number of hydrogen-bond donors (Lipinski definition) is 1. The minimum absolute atomic E-state index is 0.179. The summed E-state index contributed by atoms with van der Waals surface area (Å²) in [5.74, 6) is 1.19.